The van der Waals surface area contributed by atoms with Gasteiger partial charge < -0.3 is 5.32 Å². The smallest absolute Gasteiger partial charge is 0.242 e. The number of hydrogen-bond donors (Lipinski definition) is 1. The fourth-order valence-corrected chi connectivity index (χ4v) is 5.09. The molecule has 126 valence electrons. The van der Waals surface area contributed by atoms with Gasteiger partial charge in [0.05, 0.1) is 4.90 Å². The van der Waals surface area contributed by atoms with Crippen LogP contribution in [0, 0.1) is 17.8 Å². The van der Waals surface area contributed by atoms with Crippen LogP contribution in [0.1, 0.15) is 31.2 Å². The predicted molar refractivity (Wildman–Crippen MR) is 88.1 cm³/mol. The molecule has 2 bridgehead atoms. The minimum Gasteiger partial charge on any atom is -0.352 e. The Morgan fingerprint density at radius 2 is 1.96 bits per heavy atom. The van der Waals surface area contributed by atoms with E-state index in [4.69, 9.17) is 0 Å². The van der Waals surface area contributed by atoms with Gasteiger partial charge in [-0.1, -0.05) is 24.6 Å². The van der Waals surface area contributed by atoms with E-state index in [-0.39, 0.29) is 23.3 Å². The molecule has 0 spiro atoms. The standard InChI is InChI=1S/C17H24N2O3S/c1-19(2)23(21,22)16-6-4-3-5-14(16)11-18-17(20)15-10-12-7-8-13(15)9-12/h3-6,12-13,15H,7-11H2,1-2H3,(H,18,20)/t12-,13-,15+/m1/s1. The molecule has 1 N–H and O–H groups in total. The maximum Gasteiger partial charge on any atom is 0.242 e. The summed E-state index contributed by atoms with van der Waals surface area (Å²) in [7, 11) is -0.473. The number of sulfonamides is 1. The van der Waals surface area contributed by atoms with Crippen LogP contribution in [0.15, 0.2) is 29.2 Å². The lowest BCUT2D eigenvalue weighted by Crippen LogP contribution is -2.34. The maximum absolute atomic E-state index is 12.4. The Balaban J connectivity index is 1.70. The first-order valence-electron chi connectivity index (χ1n) is 8.17. The molecule has 0 unspecified atom stereocenters. The first-order valence-corrected chi connectivity index (χ1v) is 9.61. The van der Waals surface area contributed by atoms with Crippen LogP contribution in [0.25, 0.3) is 0 Å². The summed E-state index contributed by atoms with van der Waals surface area (Å²) in [5.41, 5.74) is 0.637. The van der Waals surface area contributed by atoms with Gasteiger partial charge in [0.25, 0.3) is 0 Å². The average molecular weight is 336 g/mol. The summed E-state index contributed by atoms with van der Waals surface area (Å²) < 4.78 is 25.9. The largest absolute Gasteiger partial charge is 0.352 e. The zero-order chi connectivity index (χ0) is 16.6. The molecule has 0 radical (unpaired) electrons. The van der Waals surface area contributed by atoms with Gasteiger partial charge in [-0.2, -0.15) is 0 Å². The Morgan fingerprint density at radius 3 is 2.57 bits per heavy atom. The highest BCUT2D eigenvalue weighted by molar-refractivity contribution is 7.89. The molecule has 2 fully saturated rings. The molecule has 1 aromatic rings. The van der Waals surface area contributed by atoms with Crippen LogP contribution in [0.3, 0.4) is 0 Å². The fraction of sp³-hybridized carbons (Fsp3) is 0.588. The van der Waals surface area contributed by atoms with Crippen molar-refractivity contribution in [2.24, 2.45) is 17.8 Å². The van der Waals surface area contributed by atoms with Crippen molar-refractivity contribution >= 4 is 15.9 Å². The van der Waals surface area contributed by atoms with E-state index in [0.29, 0.717) is 11.5 Å². The summed E-state index contributed by atoms with van der Waals surface area (Å²) in [5.74, 6) is 1.44. The summed E-state index contributed by atoms with van der Waals surface area (Å²) in [6.45, 7) is 0.260. The molecule has 23 heavy (non-hydrogen) atoms. The molecule has 6 heteroatoms. The van der Waals surface area contributed by atoms with Crippen molar-refractivity contribution in [3.05, 3.63) is 29.8 Å². The third-order valence-electron chi connectivity index (χ3n) is 5.26. The van der Waals surface area contributed by atoms with Crippen molar-refractivity contribution < 1.29 is 13.2 Å². The highest BCUT2D eigenvalue weighted by Gasteiger charge is 2.42. The van der Waals surface area contributed by atoms with Crippen LogP contribution >= 0.6 is 0 Å². The van der Waals surface area contributed by atoms with E-state index in [0.717, 1.165) is 18.8 Å². The minimum absolute atomic E-state index is 0.0780. The van der Waals surface area contributed by atoms with Crippen LogP contribution in [0.4, 0.5) is 0 Å². The number of nitrogens with zero attached hydrogens (tertiary/aromatic N) is 1. The molecular weight excluding hydrogens is 312 g/mol. The first-order chi connectivity index (χ1) is 10.9. The number of carbonyl (C=O) groups is 1. The van der Waals surface area contributed by atoms with E-state index in [9.17, 15) is 13.2 Å². The van der Waals surface area contributed by atoms with Crippen molar-refractivity contribution in [2.45, 2.75) is 37.1 Å². The molecule has 0 heterocycles. The van der Waals surface area contributed by atoms with Gasteiger partial charge in [-0.15, -0.1) is 0 Å². The van der Waals surface area contributed by atoms with Crippen molar-refractivity contribution in [3.8, 4) is 0 Å². The molecule has 1 aromatic carbocycles. The molecule has 0 aliphatic heterocycles. The number of hydrogen-bond acceptors (Lipinski definition) is 3. The second-order valence-electron chi connectivity index (χ2n) is 6.89. The van der Waals surface area contributed by atoms with Crippen LogP contribution in [-0.4, -0.2) is 32.7 Å². The molecule has 3 atom stereocenters. The van der Waals surface area contributed by atoms with Crippen LogP contribution in [-0.2, 0) is 21.4 Å². The first kappa shape index (κ1) is 16.5. The number of benzene rings is 1. The molecule has 2 aliphatic rings. The highest BCUT2D eigenvalue weighted by Crippen LogP contribution is 2.48. The zero-order valence-corrected chi connectivity index (χ0v) is 14.5. The van der Waals surface area contributed by atoms with Gasteiger partial charge >= 0.3 is 0 Å². The number of fused-ring (bicyclic) bond motifs is 2. The Morgan fingerprint density at radius 1 is 1.22 bits per heavy atom. The number of amides is 1. The van der Waals surface area contributed by atoms with E-state index in [1.165, 1.54) is 31.2 Å². The van der Waals surface area contributed by atoms with Crippen molar-refractivity contribution in [1.29, 1.82) is 0 Å². The van der Waals surface area contributed by atoms with Gasteiger partial charge in [0.1, 0.15) is 0 Å². The van der Waals surface area contributed by atoms with Gasteiger partial charge in [-0.3, -0.25) is 4.79 Å². The maximum atomic E-state index is 12.4. The van der Waals surface area contributed by atoms with Crippen molar-refractivity contribution in [2.75, 3.05) is 14.1 Å². The SMILES string of the molecule is CN(C)S(=O)(=O)c1ccccc1CNC(=O)[C@H]1C[C@@H]2CC[C@@H]1C2. The molecule has 2 aliphatic carbocycles. The van der Waals surface area contributed by atoms with Crippen LogP contribution < -0.4 is 5.32 Å². The van der Waals surface area contributed by atoms with Crippen LogP contribution in [0.2, 0.25) is 0 Å². The van der Waals surface area contributed by atoms with E-state index in [2.05, 4.69) is 5.32 Å². The summed E-state index contributed by atoms with van der Waals surface area (Å²) >= 11 is 0. The summed E-state index contributed by atoms with van der Waals surface area (Å²) in [5, 5.41) is 2.96. The highest BCUT2D eigenvalue weighted by atomic mass is 32.2. The Kier molecular flexibility index (Phi) is 4.47. The second-order valence-corrected chi connectivity index (χ2v) is 9.01. The van der Waals surface area contributed by atoms with Gasteiger partial charge in [0, 0.05) is 26.6 Å². The lowest BCUT2D eigenvalue weighted by molar-refractivity contribution is -0.126. The lowest BCUT2D eigenvalue weighted by atomic mass is 9.88. The molecule has 5 nitrogen and oxygen atoms in total. The van der Waals surface area contributed by atoms with Gasteiger partial charge in [-0.05, 0) is 42.7 Å². The van der Waals surface area contributed by atoms with Crippen molar-refractivity contribution in [1.82, 2.24) is 9.62 Å². The topological polar surface area (TPSA) is 66.5 Å². The Hall–Kier alpha value is -1.40. The molecular formula is C17H24N2O3S. The van der Waals surface area contributed by atoms with Crippen molar-refractivity contribution in [3.63, 3.8) is 0 Å². The minimum atomic E-state index is -3.50. The summed E-state index contributed by atoms with van der Waals surface area (Å²) in [6, 6.07) is 6.86. The van der Waals surface area contributed by atoms with E-state index in [1.807, 2.05) is 0 Å². The average Bonchev–Trinajstić information content (AvgIpc) is 3.15. The third-order valence-corrected chi connectivity index (χ3v) is 7.17. The Bertz CT molecular complexity index is 700. The number of carbonyl (C=O) groups excluding carboxylic acids is 1. The fourth-order valence-electron chi connectivity index (χ4n) is 3.98. The number of nitrogens with one attached hydrogen (secondary N) is 1. The van der Waals surface area contributed by atoms with Gasteiger partial charge in [0.15, 0.2) is 0 Å². The molecule has 3 rings (SSSR count). The Labute approximate surface area is 138 Å². The molecule has 2 saturated carbocycles. The summed E-state index contributed by atoms with van der Waals surface area (Å²) in [6.07, 6.45) is 4.60. The molecule has 0 aromatic heterocycles. The van der Waals surface area contributed by atoms with E-state index >= 15 is 0 Å². The third kappa shape index (κ3) is 3.15. The van der Waals surface area contributed by atoms with Gasteiger partial charge in [0.2, 0.25) is 15.9 Å². The zero-order valence-electron chi connectivity index (χ0n) is 13.7. The molecule has 0 saturated heterocycles. The normalized spacial score (nSPS) is 26.7. The van der Waals surface area contributed by atoms with E-state index in [1.54, 1.807) is 24.3 Å². The van der Waals surface area contributed by atoms with E-state index < -0.39 is 10.0 Å². The predicted octanol–water partition coefficient (Wildman–Crippen LogP) is 1.99. The number of rotatable bonds is 5. The lowest BCUT2D eigenvalue weighted by Gasteiger charge is -2.21. The summed E-state index contributed by atoms with van der Waals surface area (Å²) in [4.78, 5) is 12.7. The molecule has 1 amide bonds. The van der Waals surface area contributed by atoms with Crippen LogP contribution in [0.5, 0.6) is 0 Å². The van der Waals surface area contributed by atoms with Gasteiger partial charge in [-0.25, -0.2) is 12.7 Å². The second kappa shape index (κ2) is 6.24. The quantitative estimate of drug-likeness (QED) is 0.894. The monoisotopic (exact) mass is 336 g/mol.